The van der Waals surface area contributed by atoms with Crippen LogP contribution < -0.4 is 10.6 Å². The highest BCUT2D eigenvalue weighted by molar-refractivity contribution is 9.10. The third-order valence-corrected chi connectivity index (χ3v) is 2.98. The molecule has 0 spiro atoms. The molecule has 0 saturated carbocycles. The summed E-state index contributed by atoms with van der Waals surface area (Å²) in [6.45, 7) is 0. The minimum atomic E-state index is -1.54. The molecular weight excluding hydrogens is 346 g/mol. The van der Waals surface area contributed by atoms with E-state index >= 15 is 0 Å². The van der Waals surface area contributed by atoms with Crippen LogP contribution in [0, 0.1) is 11.3 Å². The smallest absolute Gasteiger partial charge is 0.326 e. The second-order valence-corrected chi connectivity index (χ2v) is 4.75. The van der Waals surface area contributed by atoms with Crippen molar-refractivity contribution in [2.75, 3.05) is 5.32 Å². The summed E-state index contributed by atoms with van der Waals surface area (Å²) >= 11 is 3.15. The Labute approximate surface area is 127 Å². The summed E-state index contributed by atoms with van der Waals surface area (Å²) in [5.41, 5.74) is 0.688. The number of carbonyl (C=O) groups excluding carboxylic acids is 1. The Morgan fingerprint density at radius 1 is 1.33 bits per heavy atom. The van der Waals surface area contributed by atoms with Gasteiger partial charge in [-0.15, -0.1) is 0 Å². The lowest BCUT2D eigenvalue weighted by Gasteiger charge is -2.14. The minimum Gasteiger partial charge on any atom is -0.481 e. The molecule has 0 unspecified atom stereocenters. The summed E-state index contributed by atoms with van der Waals surface area (Å²) in [6.07, 6.45) is -0.739. The normalized spacial score (nSPS) is 11.0. The van der Waals surface area contributed by atoms with Crippen LogP contribution in [0.15, 0.2) is 22.7 Å². The first-order valence-corrected chi connectivity index (χ1v) is 6.34. The Balaban J connectivity index is 2.75. The fourth-order valence-corrected chi connectivity index (χ4v) is 1.86. The SMILES string of the molecule is N#Cc1ccc(NC(=O)N[C@@H](CC(=O)O)C(=O)O)c(Br)c1. The van der Waals surface area contributed by atoms with Gasteiger partial charge < -0.3 is 20.8 Å². The molecule has 2 amide bonds. The molecule has 1 aromatic rings. The summed E-state index contributed by atoms with van der Waals surface area (Å²) in [6, 6.07) is 3.90. The summed E-state index contributed by atoms with van der Waals surface area (Å²) in [4.78, 5) is 33.0. The molecule has 0 fully saturated rings. The Bertz CT molecular complexity index is 626. The predicted octanol–water partition coefficient (Wildman–Crippen LogP) is 1.37. The van der Waals surface area contributed by atoms with Gasteiger partial charge in [-0.25, -0.2) is 9.59 Å². The van der Waals surface area contributed by atoms with Crippen molar-refractivity contribution < 1.29 is 24.6 Å². The number of hydrogen-bond donors (Lipinski definition) is 4. The third kappa shape index (κ3) is 5.12. The number of urea groups is 1. The van der Waals surface area contributed by atoms with Crippen LogP contribution in [0.2, 0.25) is 0 Å². The van der Waals surface area contributed by atoms with Crippen molar-refractivity contribution in [1.82, 2.24) is 5.32 Å². The van der Waals surface area contributed by atoms with E-state index < -0.39 is 30.4 Å². The number of amides is 2. The van der Waals surface area contributed by atoms with E-state index in [1.165, 1.54) is 18.2 Å². The van der Waals surface area contributed by atoms with E-state index in [2.05, 4.69) is 21.2 Å². The van der Waals surface area contributed by atoms with E-state index in [0.717, 1.165) is 0 Å². The Hall–Kier alpha value is -2.60. The maximum Gasteiger partial charge on any atom is 0.326 e. The van der Waals surface area contributed by atoms with Crippen LogP contribution in [0.3, 0.4) is 0 Å². The molecule has 0 aliphatic rings. The topological polar surface area (TPSA) is 140 Å². The van der Waals surface area contributed by atoms with Gasteiger partial charge in [0.2, 0.25) is 0 Å². The van der Waals surface area contributed by atoms with Crippen LogP contribution in [-0.2, 0) is 9.59 Å². The van der Waals surface area contributed by atoms with Crippen LogP contribution >= 0.6 is 15.9 Å². The number of carboxylic acid groups (broad SMARTS) is 2. The summed E-state index contributed by atoms with van der Waals surface area (Å²) < 4.78 is 0.432. The van der Waals surface area contributed by atoms with Crippen molar-refractivity contribution in [1.29, 1.82) is 5.26 Å². The molecular formula is C12H10BrN3O5. The quantitative estimate of drug-likeness (QED) is 0.628. The van der Waals surface area contributed by atoms with Crippen molar-refractivity contribution in [3.63, 3.8) is 0 Å². The van der Waals surface area contributed by atoms with Gasteiger partial charge in [0.05, 0.1) is 23.7 Å². The lowest BCUT2D eigenvalue weighted by atomic mass is 10.2. The van der Waals surface area contributed by atoms with Crippen molar-refractivity contribution in [2.45, 2.75) is 12.5 Å². The van der Waals surface area contributed by atoms with E-state index in [1.54, 1.807) is 0 Å². The summed E-state index contributed by atoms with van der Waals surface area (Å²) in [5, 5.41) is 30.5. The molecule has 0 radical (unpaired) electrons. The highest BCUT2D eigenvalue weighted by Gasteiger charge is 2.23. The number of rotatable bonds is 5. The number of nitrogens with one attached hydrogen (secondary N) is 2. The lowest BCUT2D eigenvalue weighted by Crippen LogP contribution is -2.44. The molecule has 1 aromatic carbocycles. The van der Waals surface area contributed by atoms with Crippen LogP contribution in [-0.4, -0.2) is 34.2 Å². The van der Waals surface area contributed by atoms with Gasteiger partial charge in [-0.1, -0.05) is 0 Å². The van der Waals surface area contributed by atoms with E-state index in [1.807, 2.05) is 11.4 Å². The molecule has 4 N–H and O–H groups in total. The predicted molar refractivity (Wildman–Crippen MR) is 74.7 cm³/mol. The molecule has 1 atom stereocenters. The van der Waals surface area contributed by atoms with Crippen molar-refractivity contribution in [3.05, 3.63) is 28.2 Å². The first-order valence-electron chi connectivity index (χ1n) is 5.55. The molecule has 0 aliphatic heterocycles. The molecule has 8 nitrogen and oxygen atoms in total. The Kier molecular flexibility index (Phi) is 5.68. The number of benzene rings is 1. The molecule has 1 rings (SSSR count). The number of carboxylic acids is 2. The number of nitrogens with zero attached hydrogens (tertiary/aromatic N) is 1. The lowest BCUT2D eigenvalue weighted by molar-refractivity contribution is -0.145. The third-order valence-electron chi connectivity index (χ3n) is 2.33. The molecule has 0 bridgehead atoms. The standard InChI is InChI=1S/C12H10BrN3O5/c13-7-3-6(5-14)1-2-8(7)15-12(21)16-9(11(19)20)4-10(17)18/h1-3,9H,4H2,(H,17,18)(H,19,20)(H2,15,16,21)/t9-/m0/s1. The van der Waals surface area contributed by atoms with E-state index in [0.29, 0.717) is 15.7 Å². The average molecular weight is 356 g/mol. The van der Waals surface area contributed by atoms with Gasteiger partial charge in [-0.05, 0) is 34.1 Å². The van der Waals surface area contributed by atoms with Gasteiger partial charge in [0.25, 0.3) is 0 Å². The molecule has 0 heterocycles. The molecule has 0 saturated heterocycles. The molecule has 21 heavy (non-hydrogen) atoms. The van der Waals surface area contributed by atoms with Gasteiger partial charge in [-0.2, -0.15) is 5.26 Å². The second kappa shape index (κ2) is 7.25. The maximum atomic E-state index is 11.7. The van der Waals surface area contributed by atoms with E-state index in [9.17, 15) is 14.4 Å². The number of aliphatic carboxylic acids is 2. The highest BCUT2D eigenvalue weighted by atomic mass is 79.9. The van der Waals surface area contributed by atoms with Crippen LogP contribution in [0.4, 0.5) is 10.5 Å². The number of nitriles is 1. The number of hydrogen-bond acceptors (Lipinski definition) is 4. The zero-order valence-corrected chi connectivity index (χ0v) is 12.0. The van der Waals surface area contributed by atoms with Crippen LogP contribution in [0.25, 0.3) is 0 Å². The summed E-state index contributed by atoms with van der Waals surface area (Å²) in [5.74, 6) is -2.80. The Morgan fingerprint density at radius 2 is 2.00 bits per heavy atom. The zero-order valence-electron chi connectivity index (χ0n) is 10.5. The largest absolute Gasteiger partial charge is 0.481 e. The number of carbonyl (C=O) groups is 3. The molecule has 110 valence electrons. The number of halogens is 1. The van der Waals surface area contributed by atoms with Gasteiger partial charge in [0.15, 0.2) is 0 Å². The van der Waals surface area contributed by atoms with Crippen LogP contribution in [0.5, 0.6) is 0 Å². The second-order valence-electron chi connectivity index (χ2n) is 3.89. The van der Waals surface area contributed by atoms with Crippen molar-refractivity contribution >= 4 is 39.6 Å². The molecule has 0 aliphatic carbocycles. The van der Waals surface area contributed by atoms with Crippen molar-refractivity contribution in [2.24, 2.45) is 0 Å². The number of anilines is 1. The fraction of sp³-hybridized carbons (Fsp3) is 0.167. The average Bonchev–Trinajstić information content (AvgIpc) is 2.39. The molecule has 0 aromatic heterocycles. The van der Waals surface area contributed by atoms with Crippen molar-refractivity contribution in [3.8, 4) is 6.07 Å². The van der Waals surface area contributed by atoms with Gasteiger partial charge in [0, 0.05) is 4.47 Å². The molecule has 9 heteroatoms. The van der Waals surface area contributed by atoms with Gasteiger partial charge >= 0.3 is 18.0 Å². The Morgan fingerprint density at radius 3 is 2.48 bits per heavy atom. The minimum absolute atomic E-state index is 0.311. The first kappa shape index (κ1) is 16.5. The summed E-state index contributed by atoms with van der Waals surface area (Å²) in [7, 11) is 0. The van der Waals surface area contributed by atoms with Crippen LogP contribution in [0.1, 0.15) is 12.0 Å². The van der Waals surface area contributed by atoms with Gasteiger partial charge in [0.1, 0.15) is 6.04 Å². The fourth-order valence-electron chi connectivity index (χ4n) is 1.38. The van der Waals surface area contributed by atoms with E-state index in [4.69, 9.17) is 15.5 Å². The van der Waals surface area contributed by atoms with E-state index in [-0.39, 0.29) is 0 Å². The highest BCUT2D eigenvalue weighted by Crippen LogP contribution is 2.23. The maximum absolute atomic E-state index is 11.7. The van der Waals surface area contributed by atoms with Gasteiger partial charge in [-0.3, -0.25) is 4.79 Å². The monoisotopic (exact) mass is 355 g/mol. The zero-order chi connectivity index (χ0) is 16.0. The first-order chi connectivity index (χ1) is 9.83.